The molecule has 0 amide bonds. The first kappa shape index (κ1) is 12.8. The van der Waals surface area contributed by atoms with Crippen LogP contribution >= 0.6 is 11.6 Å². The summed E-state index contributed by atoms with van der Waals surface area (Å²) in [5.74, 6) is 3.41. The van der Waals surface area contributed by atoms with Crippen molar-refractivity contribution in [2.24, 2.45) is 0 Å². The van der Waals surface area contributed by atoms with E-state index >= 15 is 0 Å². The van der Waals surface area contributed by atoms with Crippen LogP contribution in [-0.4, -0.2) is 13.1 Å². The summed E-state index contributed by atoms with van der Waals surface area (Å²) in [4.78, 5) is 0. The molecule has 3 heteroatoms. The number of rotatable bonds is 5. The molecule has 2 rings (SSSR count). The Morgan fingerprint density at radius 3 is 3.06 bits per heavy atom. The van der Waals surface area contributed by atoms with E-state index in [1.165, 1.54) is 0 Å². The number of hydrogen-bond acceptors (Lipinski definition) is 2. The Bertz CT molecular complexity index is 606. The van der Waals surface area contributed by atoms with Crippen molar-refractivity contribution >= 4 is 22.6 Å². The van der Waals surface area contributed by atoms with Gasteiger partial charge in [0.2, 0.25) is 0 Å². The number of nitrogens with one attached hydrogen (secondary N) is 1. The molecule has 0 saturated carbocycles. The van der Waals surface area contributed by atoms with Crippen LogP contribution in [-0.2, 0) is 6.42 Å². The maximum atomic E-state index is 5.91. The highest BCUT2D eigenvalue weighted by Gasteiger charge is 2.05. The van der Waals surface area contributed by atoms with Gasteiger partial charge < -0.3 is 9.73 Å². The fraction of sp³-hybridized carbons (Fsp3) is 0.200. The van der Waals surface area contributed by atoms with Gasteiger partial charge in [-0.3, -0.25) is 0 Å². The highest BCUT2D eigenvalue weighted by molar-refractivity contribution is 6.31. The van der Waals surface area contributed by atoms with Crippen LogP contribution < -0.4 is 5.32 Å². The molecule has 92 valence electrons. The molecule has 1 N–H and O–H groups in total. The van der Waals surface area contributed by atoms with Crippen molar-refractivity contribution in [3.05, 3.63) is 47.2 Å². The molecule has 2 aromatic rings. The zero-order valence-electron chi connectivity index (χ0n) is 10.0. The largest absolute Gasteiger partial charge is 0.461 e. The van der Waals surface area contributed by atoms with Crippen molar-refractivity contribution in [1.29, 1.82) is 0 Å². The summed E-state index contributed by atoms with van der Waals surface area (Å²) in [6.07, 6.45) is 5.86. The maximum Gasteiger partial charge on any atom is 0.135 e. The third-order valence-corrected chi connectivity index (χ3v) is 2.79. The average Bonchev–Trinajstić information content (AvgIpc) is 2.70. The molecule has 0 saturated heterocycles. The van der Waals surface area contributed by atoms with Crippen LogP contribution in [0.3, 0.4) is 0 Å². The zero-order valence-corrected chi connectivity index (χ0v) is 10.8. The third-order valence-electron chi connectivity index (χ3n) is 2.56. The Kier molecular flexibility index (Phi) is 4.09. The summed E-state index contributed by atoms with van der Waals surface area (Å²) in [7, 11) is 0. The van der Waals surface area contributed by atoms with Gasteiger partial charge in [0.15, 0.2) is 0 Å². The minimum absolute atomic E-state index is 0.550. The van der Waals surface area contributed by atoms with Gasteiger partial charge in [-0.1, -0.05) is 29.7 Å². The molecular weight excluding hydrogens is 246 g/mol. The first-order valence-electron chi connectivity index (χ1n) is 5.68. The third kappa shape index (κ3) is 3.16. The van der Waals surface area contributed by atoms with Crippen LogP contribution in [0.25, 0.3) is 11.0 Å². The highest BCUT2D eigenvalue weighted by Crippen LogP contribution is 2.24. The molecule has 0 spiro atoms. The van der Waals surface area contributed by atoms with Crippen LogP contribution in [0, 0.1) is 12.3 Å². The lowest BCUT2D eigenvalue weighted by Gasteiger charge is -2.02. The van der Waals surface area contributed by atoms with Crippen LogP contribution in [0.15, 0.2) is 40.8 Å². The van der Waals surface area contributed by atoms with E-state index in [0.717, 1.165) is 22.3 Å². The summed E-state index contributed by atoms with van der Waals surface area (Å²) >= 11 is 5.91. The van der Waals surface area contributed by atoms with Crippen LogP contribution in [0.2, 0.25) is 5.02 Å². The topological polar surface area (TPSA) is 25.2 Å². The Morgan fingerprint density at radius 1 is 1.44 bits per heavy atom. The molecule has 1 aromatic carbocycles. The van der Waals surface area contributed by atoms with Crippen molar-refractivity contribution in [2.75, 3.05) is 13.1 Å². The fourth-order valence-corrected chi connectivity index (χ4v) is 1.93. The number of fused-ring (bicyclic) bond motifs is 1. The van der Waals surface area contributed by atoms with Crippen LogP contribution in [0.1, 0.15) is 5.76 Å². The predicted molar refractivity (Wildman–Crippen MR) is 75.8 cm³/mol. The molecule has 1 heterocycles. The molecule has 0 bridgehead atoms. The van der Waals surface area contributed by atoms with E-state index in [2.05, 4.69) is 17.8 Å². The molecule has 18 heavy (non-hydrogen) atoms. The quantitative estimate of drug-likeness (QED) is 0.506. The van der Waals surface area contributed by atoms with E-state index in [9.17, 15) is 0 Å². The summed E-state index contributed by atoms with van der Waals surface area (Å²) in [6, 6.07) is 7.63. The minimum atomic E-state index is 0.550. The monoisotopic (exact) mass is 259 g/mol. The molecule has 0 fully saturated rings. The van der Waals surface area contributed by atoms with E-state index in [1.807, 2.05) is 24.3 Å². The molecular formula is C15H14ClNO. The van der Waals surface area contributed by atoms with Crippen LogP contribution in [0.5, 0.6) is 0 Å². The molecule has 0 unspecified atom stereocenters. The van der Waals surface area contributed by atoms with Crippen molar-refractivity contribution in [2.45, 2.75) is 6.42 Å². The van der Waals surface area contributed by atoms with Gasteiger partial charge in [-0.15, -0.1) is 6.42 Å². The first-order chi connectivity index (χ1) is 8.69. The predicted octanol–water partition coefficient (Wildman–Crippen LogP) is 3.41. The molecule has 0 aliphatic heterocycles. The highest BCUT2D eigenvalue weighted by atomic mass is 35.5. The van der Waals surface area contributed by atoms with Gasteiger partial charge in [0, 0.05) is 23.4 Å². The number of benzene rings is 1. The molecule has 1 aromatic heterocycles. The second-order valence-corrected chi connectivity index (χ2v) is 4.57. The summed E-state index contributed by atoms with van der Waals surface area (Å²) in [6.45, 7) is 5.24. The lowest BCUT2D eigenvalue weighted by molar-refractivity contribution is 0.558. The number of terminal acetylenes is 1. The Hall–Kier alpha value is -1.69. The van der Waals surface area contributed by atoms with E-state index in [4.69, 9.17) is 22.4 Å². The first-order valence-corrected chi connectivity index (χ1v) is 6.05. The summed E-state index contributed by atoms with van der Waals surface area (Å²) in [5, 5.41) is 4.83. The van der Waals surface area contributed by atoms with Crippen molar-refractivity contribution < 1.29 is 4.42 Å². The van der Waals surface area contributed by atoms with E-state index in [-0.39, 0.29) is 0 Å². The smallest absolute Gasteiger partial charge is 0.135 e. The van der Waals surface area contributed by atoms with Gasteiger partial charge in [0.05, 0.1) is 6.54 Å². The summed E-state index contributed by atoms with van der Waals surface area (Å²) < 4.78 is 5.71. The Labute approximate surface area is 112 Å². The lowest BCUT2D eigenvalue weighted by Crippen LogP contribution is -2.17. The average molecular weight is 260 g/mol. The van der Waals surface area contributed by atoms with Gasteiger partial charge in [0.1, 0.15) is 11.3 Å². The Morgan fingerprint density at radius 2 is 2.28 bits per heavy atom. The van der Waals surface area contributed by atoms with Crippen molar-refractivity contribution in [3.63, 3.8) is 0 Å². The standard InChI is InChI=1S/C15H14ClNO/c1-3-6-17-10-11(2)7-14-8-12-4-5-13(16)9-15(12)18-14/h1,4-5,8-9,17H,2,6-7,10H2. The molecule has 0 radical (unpaired) electrons. The fourth-order valence-electron chi connectivity index (χ4n) is 1.77. The second kappa shape index (κ2) is 5.77. The molecule has 0 atom stereocenters. The van der Waals surface area contributed by atoms with E-state index < -0.39 is 0 Å². The summed E-state index contributed by atoms with van der Waals surface area (Å²) in [5.41, 5.74) is 1.84. The van der Waals surface area contributed by atoms with Gasteiger partial charge in [-0.05, 0) is 24.3 Å². The molecule has 0 aliphatic rings. The number of hydrogen-bond donors (Lipinski definition) is 1. The number of halogens is 1. The van der Waals surface area contributed by atoms with Gasteiger partial charge >= 0.3 is 0 Å². The maximum absolute atomic E-state index is 5.91. The van der Waals surface area contributed by atoms with Crippen molar-refractivity contribution in [1.82, 2.24) is 5.32 Å². The Balaban J connectivity index is 2.03. The van der Waals surface area contributed by atoms with Crippen LogP contribution in [0.4, 0.5) is 0 Å². The molecule has 2 nitrogen and oxygen atoms in total. The van der Waals surface area contributed by atoms with Gasteiger partial charge in [-0.25, -0.2) is 0 Å². The number of furan rings is 1. The van der Waals surface area contributed by atoms with E-state index in [1.54, 1.807) is 0 Å². The van der Waals surface area contributed by atoms with Gasteiger partial charge in [-0.2, -0.15) is 0 Å². The minimum Gasteiger partial charge on any atom is -0.461 e. The molecule has 0 aliphatic carbocycles. The lowest BCUT2D eigenvalue weighted by atomic mass is 10.1. The van der Waals surface area contributed by atoms with Gasteiger partial charge in [0.25, 0.3) is 0 Å². The zero-order chi connectivity index (χ0) is 13.0. The normalized spacial score (nSPS) is 10.4. The van der Waals surface area contributed by atoms with E-state index in [0.29, 0.717) is 24.5 Å². The van der Waals surface area contributed by atoms with Crippen molar-refractivity contribution in [3.8, 4) is 12.3 Å². The SMILES string of the molecule is C#CCNCC(=C)Cc1cc2ccc(Cl)cc2o1. The second-order valence-electron chi connectivity index (χ2n) is 4.13.